The topological polar surface area (TPSA) is 71.8 Å². The van der Waals surface area contributed by atoms with Crippen molar-refractivity contribution in [3.63, 3.8) is 0 Å². The van der Waals surface area contributed by atoms with Crippen LogP contribution in [0.25, 0.3) is 0 Å². The van der Waals surface area contributed by atoms with Crippen LogP contribution >= 0.6 is 0 Å². The van der Waals surface area contributed by atoms with Gasteiger partial charge >= 0.3 is 0 Å². The molecule has 1 rings (SSSR count). The van der Waals surface area contributed by atoms with E-state index in [1.807, 2.05) is 6.92 Å². The third kappa shape index (κ3) is 7.73. The maximum Gasteiger partial charge on any atom is 0.257 e. The number of methoxy groups -OCH3 is 1. The maximum absolute atomic E-state index is 12.8. The van der Waals surface area contributed by atoms with Crippen LogP contribution in [-0.2, 0) is 9.53 Å². The van der Waals surface area contributed by atoms with E-state index in [4.69, 9.17) is 9.15 Å². The normalized spacial score (nSPS) is 10.7. The summed E-state index contributed by atoms with van der Waals surface area (Å²) < 4.78 is 10.5. The van der Waals surface area contributed by atoms with Gasteiger partial charge < -0.3 is 19.4 Å². The maximum atomic E-state index is 12.8. The van der Waals surface area contributed by atoms with Gasteiger partial charge in [-0.15, -0.1) is 0 Å². The van der Waals surface area contributed by atoms with Gasteiger partial charge in [-0.05, 0) is 32.8 Å². The van der Waals surface area contributed by atoms with Gasteiger partial charge in [0.15, 0.2) is 0 Å². The summed E-state index contributed by atoms with van der Waals surface area (Å²) in [6, 6.07) is 1.76. The molecule has 6 heteroatoms. The van der Waals surface area contributed by atoms with Crippen LogP contribution in [-0.4, -0.2) is 50.1 Å². The van der Waals surface area contributed by atoms with Gasteiger partial charge in [-0.1, -0.05) is 19.8 Å². The quantitative estimate of drug-likeness (QED) is 0.587. The lowest BCUT2D eigenvalue weighted by molar-refractivity contribution is -0.121. The first-order valence-corrected chi connectivity index (χ1v) is 9.11. The molecule has 0 atom stereocenters. The van der Waals surface area contributed by atoms with Crippen molar-refractivity contribution in [2.75, 3.05) is 33.4 Å². The molecular formula is C19H32N2O4. The molecule has 0 saturated heterocycles. The van der Waals surface area contributed by atoms with Gasteiger partial charge in [-0.3, -0.25) is 9.59 Å². The van der Waals surface area contributed by atoms with Crippen molar-refractivity contribution in [2.24, 2.45) is 0 Å². The standard InChI is InChI=1S/C19H32N2O4/c1-5-6-7-10-20-18(22)9-12-21(11-8-13-24-4)19(23)17-14-15(2)25-16(17)3/h14H,5-13H2,1-4H3,(H,20,22). The summed E-state index contributed by atoms with van der Waals surface area (Å²) in [7, 11) is 1.64. The third-order valence-electron chi connectivity index (χ3n) is 4.05. The number of carbonyl (C=O) groups is 2. The molecule has 0 radical (unpaired) electrons. The highest BCUT2D eigenvalue weighted by Gasteiger charge is 2.21. The smallest absolute Gasteiger partial charge is 0.257 e. The molecule has 0 saturated carbocycles. The Labute approximate surface area is 150 Å². The van der Waals surface area contributed by atoms with Crippen molar-refractivity contribution in [2.45, 2.75) is 52.9 Å². The Balaban J connectivity index is 2.59. The average molecular weight is 352 g/mol. The van der Waals surface area contributed by atoms with Crippen molar-refractivity contribution < 1.29 is 18.7 Å². The van der Waals surface area contributed by atoms with Gasteiger partial charge in [0.05, 0.1) is 5.56 Å². The van der Waals surface area contributed by atoms with E-state index in [-0.39, 0.29) is 11.8 Å². The van der Waals surface area contributed by atoms with Crippen LogP contribution in [0.4, 0.5) is 0 Å². The van der Waals surface area contributed by atoms with Crippen LogP contribution in [0, 0.1) is 13.8 Å². The van der Waals surface area contributed by atoms with Gasteiger partial charge in [-0.2, -0.15) is 0 Å². The SMILES string of the molecule is CCCCCNC(=O)CCN(CCCOC)C(=O)c1cc(C)oc1C. The van der Waals surface area contributed by atoms with Gasteiger partial charge in [0.1, 0.15) is 11.5 Å². The Morgan fingerprint density at radius 2 is 1.96 bits per heavy atom. The van der Waals surface area contributed by atoms with Crippen molar-refractivity contribution >= 4 is 11.8 Å². The number of nitrogens with one attached hydrogen (secondary N) is 1. The fourth-order valence-electron chi connectivity index (χ4n) is 2.66. The second-order valence-electron chi connectivity index (χ2n) is 6.27. The first-order valence-electron chi connectivity index (χ1n) is 9.11. The molecule has 1 heterocycles. The molecule has 0 aromatic carbocycles. The fourth-order valence-corrected chi connectivity index (χ4v) is 2.66. The third-order valence-corrected chi connectivity index (χ3v) is 4.05. The number of ether oxygens (including phenoxy) is 1. The van der Waals surface area contributed by atoms with Gasteiger partial charge in [0, 0.05) is 39.8 Å². The average Bonchev–Trinajstić information content (AvgIpc) is 2.92. The van der Waals surface area contributed by atoms with Crippen LogP contribution in [0.15, 0.2) is 10.5 Å². The number of amides is 2. The van der Waals surface area contributed by atoms with E-state index in [1.54, 1.807) is 25.0 Å². The van der Waals surface area contributed by atoms with Crippen molar-refractivity contribution in [3.05, 3.63) is 23.2 Å². The van der Waals surface area contributed by atoms with Gasteiger partial charge in [0.25, 0.3) is 5.91 Å². The van der Waals surface area contributed by atoms with Gasteiger partial charge in [-0.25, -0.2) is 0 Å². The molecule has 0 fully saturated rings. The monoisotopic (exact) mass is 352 g/mol. The number of rotatable bonds is 12. The number of furan rings is 1. The number of unbranched alkanes of at least 4 members (excludes halogenated alkanes) is 2. The highest BCUT2D eigenvalue weighted by atomic mass is 16.5. The van der Waals surface area contributed by atoms with Crippen LogP contribution in [0.3, 0.4) is 0 Å². The number of nitrogens with zero attached hydrogens (tertiary/aromatic N) is 1. The highest BCUT2D eigenvalue weighted by molar-refractivity contribution is 5.95. The molecule has 1 N–H and O–H groups in total. The first kappa shape index (κ1) is 21.2. The lowest BCUT2D eigenvalue weighted by Gasteiger charge is -2.22. The minimum absolute atomic E-state index is 0.0132. The minimum atomic E-state index is -0.0933. The Bertz CT molecular complexity index is 540. The van der Waals surface area contributed by atoms with E-state index < -0.39 is 0 Å². The highest BCUT2D eigenvalue weighted by Crippen LogP contribution is 2.16. The van der Waals surface area contributed by atoms with Crippen LogP contribution in [0.2, 0.25) is 0 Å². The van der Waals surface area contributed by atoms with Crippen molar-refractivity contribution in [3.8, 4) is 0 Å². The molecule has 25 heavy (non-hydrogen) atoms. The fraction of sp³-hybridized carbons (Fsp3) is 0.684. The van der Waals surface area contributed by atoms with E-state index in [0.717, 1.165) is 25.7 Å². The largest absolute Gasteiger partial charge is 0.466 e. The molecule has 1 aromatic heterocycles. The second-order valence-corrected chi connectivity index (χ2v) is 6.27. The predicted molar refractivity (Wildman–Crippen MR) is 97.7 cm³/mol. The van der Waals surface area contributed by atoms with E-state index >= 15 is 0 Å². The summed E-state index contributed by atoms with van der Waals surface area (Å²) in [6.07, 6.45) is 4.27. The first-order chi connectivity index (χ1) is 12.0. The Hall–Kier alpha value is -1.82. The molecule has 0 aliphatic heterocycles. The van der Waals surface area contributed by atoms with Crippen LogP contribution in [0.5, 0.6) is 0 Å². The molecular weight excluding hydrogens is 320 g/mol. The van der Waals surface area contributed by atoms with Crippen molar-refractivity contribution in [1.82, 2.24) is 10.2 Å². The summed E-state index contributed by atoms with van der Waals surface area (Å²) in [5, 5.41) is 2.91. The Morgan fingerprint density at radius 1 is 1.20 bits per heavy atom. The van der Waals surface area contributed by atoms with Crippen LogP contribution in [0.1, 0.15) is 60.9 Å². The minimum Gasteiger partial charge on any atom is -0.466 e. The number of hydrogen-bond acceptors (Lipinski definition) is 4. The molecule has 0 aliphatic rings. The molecule has 0 unspecified atom stereocenters. The van der Waals surface area contributed by atoms with Crippen molar-refractivity contribution in [1.29, 1.82) is 0 Å². The molecule has 0 spiro atoms. The lowest BCUT2D eigenvalue weighted by Crippen LogP contribution is -2.36. The lowest BCUT2D eigenvalue weighted by atomic mass is 10.2. The van der Waals surface area contributed by atoms with Gasteiger partial charge in [0.2, 0.25) is 5.91 Å². The summed E-state index contributed by atoms with van der Waals surface area (Å²) in [5.41, 5.74) is 0.568. The summed E-state index contributed by atoms with van der Waals surface area (Å²) in [5.74, 6) is 1.22. The molecule has 142 valence electrons. The molecule has 0 bridgehead atoms. The second kappa shape index (κ2) is 11.7. The zero-order valence-electron chi connectivity index (χ0n) is 16.0. The summed E-state index contributed by atoms with van der Waals surface area (Å²) >= 11 is 0. The summed E-state index contributed by atoms with van der Waals surface area (Å²) in [6.45, 7) is 7.97. The van der Waals surface area contributed by atoms with E-state index in [1.165, 1.54) is 0 Å². The Kier molecular flexibility index (Phi) is 9.92. The molecule has 2 amide bonds. The number of hydrogen-bond donors (Lipinski definition) is 1. The zero-order valence-corrected chi connectivity index (χ0v) is 16.0. The molecule has 1 aromatic rings. The number of aryl methyl sites for hydroxylation is 2. The number of carbonyl (C=O) groups excluding carboxylic acids is 2. The van der Waals surface area contributed by atoms with Crippen LogP contribution < -0.4 is 5.32 Å². The van der Waals surface area contributed by atoms with E-state index in [0.29, 0.717) is 49.7 Å². The molecule has 0 aliphatic carbocycles. The Morgan fingerprint density at radius 3 is 2.56 bits per heavy atom. The summed E-state index contributed by atoms with van der Waals surface area (Å²) in [4.78, 5) is 26.5. The zero-order chi connectivity index (χ0) is 18.7. The molecule has 6 nitrogen and oxygen atoms in total. The van der Waals surface area contributed by atoms with E-state index in [9.17, 15) is 9.59 Å². The van der Waals surface area contributed by atoms with E-state index in [2.05, 4.69) is 12.2 Å². The predicted octanol–water partition coefficient (Wildman–Crippen LogP) is 3.07.